The van der Waals surface area contributed by atoms with Crippen LogP contribution in [0.3, 0.4) is 0 Å². The van der Waals surface area contributed by atoms with Crippen LogP contribution in [0.4, 0.5) is 5.69 Å². The number of aromatic nitrogens is 3. The Labute approximate surface area is 152 Å². The zero-order chi connectivity index (χ0) is 17.8. The molecule has 2 heterocycles. The number of pyridine rings is 1. The second-order valence-electron chi connectivity index (χ2n) is 5.19. The van der Waals surface area contributed by atoms with E-state index < -0.39 is 5.56 Å². The normalized spacial score (nSPS) is 10.5. The predicted octanol–water partition coefficient (Wildman–Crippen LogP) is 3.32. The predicted molar refractivity (Wildman–Crippen MR) is 96.9 cm³/mol. The Hall–Kier alpha value is -2.70. The number of nitrogens with one attached hydrogen (secondary N) is 2. The van der Waals surface area contributed by atoms with E-state index in [1.165, 1.54) is 6.07 Å². The molecule has 0 aliphatic heterocycles. The summed E-state index contributed by atoms with van der Waals surface area (Å²) < 4.78 is 0. The first-order valence-corrected chi connectivity index (χ1v) is 8.02. The fourth-order valence-electron chi connectivity index (χ4n) is 2.20. The molecule has 3 aromatic rings. The maximum atomic E-state index is 12.2. The molecular formula is C17H12Cl2N4O2. The molecule has 0 saturated carbocycles. The van der Waals surface area contributed by atoms with Gasteiger partial charge in [0.25, 0.3) is 5.56 Å². The minimum atomic E-state index is -0.492. The molecule has 6 nitrogen and oxygen atoms in total. The lowest BCUT2D eigenvalue weighted by atomic mass is 10.1. The van der Waals surface area contributed by atoms with E-state index in [9.17, 15) is 9.59 Å². The largest absolute Gasteiger partial charge is 0.321 e. The van der Waals surface area contributed by atoms with E-state index in [2.05, 4.69) is 20.5 Å². The van der Waals surface area contributed by atoms with Gasteiger partial charge >= 0.3 is 0 Å². The number of nitrogens with zero attached hydrogens (tertiary/aromatic N) is 2. The molecule has 0 radical (unpaired) electrons. The third-order valence-electron chi connectivity index (χ3n) is 3.42. The molecule has 0 spiro atoms. The Morgan fingerprint density at radius 3 is 2.60 bits per heavy atom. The van der Waals surface area contributed by atoms with Crippen LogP contribution in [-0.4, -0.2) is 21.1 Å². The molecule has 0 bridgehead atoms. The molecule has 0 aliphatic carbocycles. The molecule has 8 heteroatoms. The maximum Gasteiger partial charge on any atom is 0.287 e. The van der Waals surface area contributed by atoms with Crippen molar-refractivity contribution in [1.82, 2.24) is 15.2 Å². The summed E-state index contributed by atoms with van der Waals surface area (Å²) in [5.41, 5.74) is 1.51. The van der Waals surface area contributed by atoms with E-state index in [4.69, 9.17) is 23.2 Å². The average molecular weight is 375 g/mol. The number of hydrogen-bond donors (Lipinski definition) is 2. The number of H-pyrrole nitrogens is 1. The van der Waals surface area contributed by atoms with Crippen LogP contribution in [0.15, 0.2) is 53.6 Å². The summed E-state index contributed by atoms with van der Waals surface area (Å²) in [5.74, 6) is -0.374. The molecule has 3 rings (SSSR count). The van der Waals surface area contributed by atoms with Gasteiger partial charge in [-0.3, -0.25) is 14.6 Å². The molecule has 1 amide bonds. The summed E-state index contributed by atoms with van der Waals surface area (Å²) in [7, 11) is 0. The molecule has 0 atom stereocenters. The van der Waals surface area contributed by atoms with Crippen molar-refractivity contribution < 1.29 is 4.79 Å². The second kappa shape index (κ2) is 7.46. The quantitative estimate of drug-likeness (QED) is 0.732. The summed E-state index contributed by atoms with van der Waals surface area (Å²) in [6.45, 7) is 0. The van der Waals surface area contributed by atoms with Crippen LogP contribution < -0.4 is 10.9 Å². The number of carbonyl (C=O) groups excluding carboxylic acids is 1. The van der Waals surface area contributed by atoms with Crippen molar-refractivity contribution in [2.75, 3.05) is 5.32 Å². The molecule has 1 aromatic carbocycles. The monoisotopic (exact) mass is 374 g/mol. The van der Waals surface area contributed by atoms with Gasteiger partial charge in [-0.1, -0.05) is 29.3 Å². The van der Waals surface area contributed by atoms with Crippen LogP contribution in [0.2, 0.25) is 10.0 Å². The van der Waals surface area contributed by atoms with Crippen LogP contribution in [-0.2, 0) is 11.2 Å². The van der Waals surface area contributed by atoms with E-state index in [1.54, 1.807) is 42.7 Å². The topological polar surface area (TPSA) is 87.7 Å². The summed E-state index contributed by atoms with van der Waals surface area (Å²) in [4.78, 5) is 28.1. The lowest BCUT2D eigenvalue weighted by Crippen LogP contribution is -2.22. The SMILES string of the molecule is O=C(Cc1ccc(Cl)cc1Cl)Nc1cc(-c2ccncc2)n[nH]c1=O. The van der Waals surface area contributed by atoms with E-state index in [1.807, 2.05) is 0 Å². The second-order valence-corrected chi connectivity index (χ2v) is 6.04. The highest BCUT2D eigenvalue weighted by molar-refractivity contribution is 6.35. The number of hydrogen-bond acceptors (Lipinski definition) is 4. The van der Waals surface area contributed by atoms with Crippen LogP contribution >= 0.6 is 23.2 Å². The van der Waals surface area contributed by atoms with Gasteiger partial charge < -0.3 is 5.32 Å². The van der Waals surface area contributed by atoms with Crippen molar-refractivity contribution in [3.63, 3.8) is 0 Å². The highest BCUT2D eigenvalue weighted by atomic mass is 35.5. The van der Waals surface area contributed by atoms with Crippen molar-refractivity contribution in [3.8, 4) is 11.3 Å². The highest BCUT2D eigenvalue weighted by Gasteiger charge is 2.11. The Kier molecular flexibility index (Phi) is 5.11. The van der Waals surface area contributed by atoms with Gasteiger partial charge in [0.05, 0.1) is 12.1 Å². The van der Waals surface area contributed by atoms with E-state index in [-0.39, 0.29) is 18.0 Å². The molecule has 0 fully saturated rings. The lowest BCUT2D eigenvalue weighted by Gasteiger charge is -2.07. The first-order valence-electron chi connectivity index (χ1n) is 7.27. The van der Waals surface area contributed by atoms with Gasteiger partial charge in [-0.15, -0.1) is 0 Å². The first-order chi connectivity index (χ1) is 12.0. The number of aromatic amines is 1. The van der Waals surface area contributed by atoms with Crippen LogP contribution in [0.1, 0.15) is 5.56 Å². The Morgan fingerprint density at radius 2 is 1.88 bits per heavy atom. The number of benzene rings is 1. The molecule has 2 aromatic heterocycles. The Bertz CT molecular complexity index is 974. The Balaban J connectivity index is 1.80. The van der Waals surface area contributed by atoms with Crippen LogP contribution in [0.5, 0.6) is 0 Å². The van der Waals surface area contributed by atoms with Crippen molar-refractivity contribution in [2.24, 2.45) is 0 Å². The number of rotatable bonds is 4. The smallest absolute Gasteiger partial charge is 0.287 e. The van der Waals surface area contributed by atoms with Crippen LogP contribution in [0, 0.1) is 0 Å². The summed E-state index contributed by atoms with van der Waals surface area (Å²) in [6, 6.07) is 9.89. The third-order valence-corrected chi connectivity index (χ3v) is 4.01. The van der Waals surface area contributed by atoms with E-state index >= 15 is 0 Å². The zero-order valence-corrected chi connectivity index (χ0v) is 14.3. The molecule has 25 heavy (non-hydrogen) atoms. The van der Waals surface area contributed by atoms with Crippen molar-refractivity contribution in [3.05, 3.63) is 74.8 Å². The molecule has 0 unspecified atom stereocenters. The van der Waals surface area contributed by atoms with Crippen molar-refractivity contribution in [1.29, 1.82) is 0 Å². The van der Waals surface area contributed by atoms with Gasteiger partial charge in [-0.05, 0) is 35.9 Å². The number of halogens is 2. The van der Waals surface area contributed by atoms with E-state index in [0.29, 0.717) is 21.3 Å². The Morgan fingerprint density at radius 1 is 1.12 bits per heavy atom. The van der Waals surface area contributed by atoms with Gasteiger partial charge in [0.1, 0.15) is 5.69 Å². The number of anilines is 1. The van der Waals surface area contributed by atoms with Crippen molar-refractivity contribution in [2.45, 2.75) is 6.42 Å². The van der Waals surface area contributed by atoms with E-state index in [0.717, 1.165) is 5.56 Å². The fourth-order valence-corrected chi connectivity index (χ4v) is 2.68. The molecule has 126 valence electrons. The zero-order valence-electron chi connectivity index (χ0n) is 12.8. The minimum Gasteiger partial charge on any atom is -0.321 e. The molecule has 2 N–H and O–H groups in total. The standard InChI is InChI=1S/C17H12Cl2N4O2/c18-12-2-1-11(13(19)8-12)7-16(24)21-15-9-14(22-23-17(15)25)10-3-5-20-6-4-10/h1-6,8-9H,7H2,(H,23,25)(H,21,22,24). The van der Waals surface area contributed by atoms with Gasteiger partial charge in [-0.2, -0.15) is 5.10 Å². The van der Waals surface area contributed by atoms with Gasteiger partial charge in [0, 0.05) is 28.0 Å². The van der Waals surface area contributed by atoms with Gasteiger partial charge in [0.15, 0.2) is 0 Å². The van der Waals surface area contributed by atoms with Gasteiger partial charge in [-0.25, -0.2) is 5.10 Å². The maximum absolute atomic E-state index is 12.2. The number of carbonyl (C=O) groups is 1. The third kappa shape index (κ3) is 4.23. The fraction of sp³-hybridized carbons (Fsp3) is 0.0588. The molecule has 0 aliphatic rings. The number of amides is 1. The molecular weight excluding hydrogens is 363 g/mol. The highest BCUT2D eigenvalue weighted by Crippen LogP contribution is 2.22. The summed E-state index contributed by atoms with van der Waals surface area (Å²) in [5, 5.41) is 9.80. The van der Waals surface area contributed by atoms with Crippen LogP contribution in [0.25, 0.3) is 11.3 Å². The first kappa shape index (κ1) is 17.1. The van der Waals surface area contributed by atoms with Crippen molar-refractivity contribution >= 4 is 34.8 Å². The molecule has 0 saturated heterocycles. The lowest BCUT2D eigenvalue weighted by molar-refractivity contribution is -0.115. The minimum absolute atomic E-state index is 0.0162. The summed E-state index contributed by atoms with van der Waals surface area (Å²) in [6.07, 6.45) is 3.24. The summed E-state index contributed by atoms with van der Waals surface area (Å²) >= 11 is 11.9. The average Bonchev–Trinajstić information content (AvgIpc) is 2.60. The van der Waals surface area contributed by atoms with Gasteiger partial charge in [0.2, 0.25) is 5.91 Å².